The van der Waals surface area contributed by atoms with Gasteiger partial charge in [0.15, 0.2) is 0 Å². The highest BCUT2D eigenvalue weighted by Crippen LogP contribution is 2.10. The third-order valence-electron chi connectivity index (χ3n) is 2.56. The first kappa shape index (κ1) is 15.1. The second-order valence-electron chi connectivity index (χ2n) is 5.26. The molecule has 0 bridgehead atoms. The first-order valence-electron chi connectivity index (χ1n) is 5.80. The number of nitrogens with zero attached hydrogens (tertiary/aromatic N) is 2. The van der Waals surface area contributed by atoms with Crippen LogP contribution >= 0.6 is 0 Å². The van der Waals surface area contributed by atoms with Crippen LogP contribution in [-0.2, 0) is 17.1 Å². The van der Waals surface area contributed by atoms with Crippen molar-refractivity contribution in [2.75, 3.05) is 12.8 Å². The summed E-state index contributed by atoms with van der Waals surface area (Å²) in [6.07, 6.45) is 4.79. The number of imidazole rings is 1. The third kappa shape index (κ3) is 4.75. The van der Waals surface area contributed by atoms with Gasteiger partial charge in [0.2, 0.25) is 10.0 Å². The van der Waals surface area contributed by atoms with Gasteiger partial charge in [-0.05, 0) is 20.8 Å². The maximum atomic E-state index is 11.2. The summed E-state index contributed by atoms with van der Waals surface area (Å²) in [5, 5.41) is 3.28. The smallest absolute Gasteiger partial charge is 0.209 e. The zero-order chi connectivity index (χ0) is 14.0. The summed E-state index contributed by atoms with van der Waals surface area (Å²) in [7, 11) is -1.27. The Morgan fingerprint density at radius 3 is 2.56 bits per heavy atom. The Bertz CT molecular complexity index is 493. The molecule has 0 saturated carbocycles. The molecule has 1 unspecified atom stereocenters. The van der Waals surface area contributed by atoms with Gasteiger partial charge in [-0.2, -0.15) is 0 Å². The Hall–Kier alpha value is -0.920. The second-order valence-corrected chi connectivity index (χ2v) is 7.01. The van der Waals surface area contributed by atoms with Gasteiger partial charge in [0.1, 0.15) is 5.82 Å². The zero-order valence-electron chi connectivity index (χ0n) is 11.6. The molecule has 0 aliphatic rings. The van der Waals surface area contributed by atoms with E-state index in [4.69, 9.17) is 0 Å². The Balaban J connectivity index is 2.57. The van der Waals surface area contributed by atoms with Gasteiger partial charge in [-0.3, -0.25) is 0 Å². The predicted molar refractivity (Wildman–Crippen MR) is 71.7 cm³/mol. The van der Waals surface area contributed by atoms with E-state index in [0.717, 1.165) is 12.1 Å². The number of hydrogen-bond acceptors (Lipinski definition) is 4. The van der Waals surface area contributed by atoms with Crippen LogP contribution in [0.15, 0.2) is 12.4 Å². The Morgan fingerprint density at radius 2 is 2.11 bits per heavy atom. The van der Waals surface area contributed by atoms with Crippen molar-refractivity contribution in [3.8, 4) is 0 Å². The predicted octanol–water partition coefficient (Wildman–Crippen LogP) is 0.399. The fourth-order valence-corrected chi connectivity index (χ4v) is 2.91. The van der Waals surface area contributed by atoms with E-state index in [1.807, 2.05) is 38.6 Å². The van der Waals surface area contributed by atoms with Crippen LogP contribution in [0.5, 0.6) is 0 Å². The maximum absolute atomic E-state index is 11.2. The molecule has 0 saturated heterocycles. The average Bonchev–Trinajstić information content (AvgIpc) is 2.57. The molecule has 0 radical (unpaired) electrons. The number of aromatic nitrogens is 2. The molecule has 104 valence electrons. The van der Waals surface area contributed by atoms with Crippen molar-refractivity contribution >= 4 is 10.0 Å². The van der Waals surface area contributed by atoms with E-state index in [-0.39, 0.29) is 6.04 Å². The summed E-state index contributed by atoms with van der Waals surface area (Å²) in [6.45, 7) is 6.20. The molecule has 2 N–H and O–H groups in total. The molecule has 1 aromatic rings. The molecule has 0 fully saturated rings. The third-order valence-corrected chi connectivity index (χ3v) is 3.48. The monoisotopic (exact) mass is 274 g/mol. The molecule has 0 amide bonds. The fourth-order valence-electron chi connectivity index (χ4n) is 1.83. The van der Waals surface area contributed by atoms with Gasteiger partial charge >= 0.3 is 0 Å². The highest BCUT2D eigenvalue weighted by molar-refractivity contribution is 7.88. The van der Waals surface area contributed by atoms with Gasteiger partial charge in [0.05, 0.1) is 12.3 Å². The lowest BCUT2D eigenvalue weighted by Crippen LogP contribution is -2.50. The van der Waals surface area contributed by atoms with Crippen LogP contribution in [0.1, 0.15) is 32.6 Å². The van der Waals surface area contributed by atoms with Crippen molar-refractivity contribution in [3.05, 3.63) is 18.2 Å². The first-order chi connectivity index (χ1) is 8.11. The van der Waals surface area contributed by atoms with Crippen LogP contribution < -0.4 is 10.0 Å². The van der Waals surface area contributed by atoms with E-state index in [1.165, 1.54) is 0 Å². The molecule has 18 heavy (non-hydrogen) atoms. The van der Waals surface area contributed by atoms with E-state index >= 15 is 0 Å². The molecule has 0 aliphatic carbocycles. The summed E-state index contributed by atoms with van der Waals surface area (Å²) in [5.41, 5.74) is -0.535. The quantitative estimate of drug-likeness (QED) is 0.787. The molecule has 0 spiro atoms. The SMILES string of the molecule is CC(NCC(C)(C)NS(C)(=O)=O)c1nccn1C. The minimum Gasteiger partial charge on any atom is -0.337 e. The Labute approximate surface area is 109 Å². The highest BCUT2D eigenvalue weighted by atomic mass is 32.2. The number of hydrogen-bond donors (Lipinski definition) is 2. The minimum absolute atomic E-state index is 0.0608. The largest absolute Gasteiger partial charge is 0.337 e. The summed E-state index contributed by atoms with van der Waals surface area (Å²) in [5.74, 6) is 0.921. The highest BCUT2D eigenvalue weighted by Gasteiger charge is 2.23. The number of sulfonamides is 1. The maximum Gasteiger partial charge on any atom is 0.209 e. The van der Waals surface area contributed by atoms with Crippen molar-refractivity contribution in [2.45, 2.75) is 32.4 Å². The van der Waals surface area contributed by atoms with Crippen LogP contribution in [0.3, 0.4) is 0 Å². The van der Waals surface area contributed by atoms with Crippen molar-refractivity contribution < 1.29 is 8.42 Å². The van der Waals surface area contributed by atoms with Crippen molar-refractivity contribution in [2.24, 2.45) is 7.05 Å². The summed E-state index contributed by atoms with van der Waals surface area (Å²) in [4.78, 5) is 4.25. The number of nitrogens with one attached hydrogen (secondary N) is 2. The van der Waals surface area contributed by atoms with Gasteiger partial charge in [-0.25, -0.2) is 18.1 Å². The van der Waals surface area contributed by atoms with Crippen LogP contribution in [0.25, 0.3) is 0 Å². The summed E-state index contributed by atoms with van der Waals surface area (Å²) in [6, 6.07) is 0.0608. The lowest BCUT2D eigenvalue weighted by molar-refractivity contribution is 0.391. The van der Waals surface area contributed by atoms with Crippen LogP contribution in [0.2, 0.25) is 0 Å². The van der Waals surface area contributed by atoms with Gasteiger partial charge in [-0.1, -0.05) is 0 Å². The lowest BCUT2D eigenvalue weighted by atomic mass is 10.1. The van der Waals surface area contributed by atoms with E-state index in [9.17, 15) is 8.42 Å². The Kier molecular flexibility index (Phi) is 4.52. The minimum atomic E-state index is -3.20. The van der Waals surface area contributed by atoms with E-state index in [0.29, 0.717) is 6.54 Å². The standard InChI is InChI=1S/C11H22N4O2S/c1-9(10-12-6-7-15(10)4)13-8-11(2,3)14-18(5,16)17/h6-7,9,13-14H,8H2,1-5H3. The summed E-state index contributed by atoms with van der Waals surface area (Å²) >= 11 is 0. The van der Waals surface area contributed by atoms with Gasteiger partial charge in [0, 0.05) is 31.5 Å². The molecule has 6 nitrogen and oxygen atoms in total. The lowest BCUT2D eigenvalue weighted by Gasteiger charge is -2.27. The molecular formula is C11H22N4O2S. The van der Waals surface area contributed by atoms with E-state index < -0.39 is 15.6 Å². The van der Waals surface area contributed by atoms with E-state index in [1.54, 1.807) is 6.20 Å². The molecule has 1 heterocycles. The van der Waals surface area contributed by atoms with E-state index in [2.05, 4.69) is 15.0 Å². The number of rotatable bonds is 6. The van der Waals surface area contributed by atoms with Crippen LogP contribution in [-0.4, -0.2) is 36.3 Å². The van der Waals surface area contributed by atoms with Gasteiger partial charge in [0.25, 0.3) is 0 Å². The molecular weight excluding hydrogens is 252 g/mol. The van der Waals surface area contributed by atoms with Crippen molar-refractivity contribution in [3.63, 3.8) is 0 Å². The molecule has 7 heteroatoms. The molecule has 0 aliphatic heterocycles. The molecule has 1 rings (SSSR count). The summed E-state index contributed by atoms with van der Waals surface area (Å²) < 4.78 is 27.0. The molecule has 0 aromatic carbocycles. The van der Waals surface area contributed by atoms with Crippen molar-refractivity contribution in [1.82, 2.24) is 19.6 Å². The Morgan fingerprint density at radius 1 is 1.50 bits per heavy atom. The molecule has 1 atom stereocenters. The van der Waals surface area contributed by atoms with Crippen molar-refractivity contribution in [1.29, 1.82) is 0 Å². The van der Waals surface area contributed by atoms with Crippen LogP contribution in [0.4, 0.5) is 0 Å². The second kappa shape index (κ2) is 5.38. The number of aryl methyl sites for hydroxylation is 1. The average molecular weight is 274 g/mol. The van der Waals surface area contributed by atoms with Gasteiger partial charge in [-0.15, -0.1) is 0 Å². The van der Waals surface area contributed by atoms with Gasteiger partial charge < -0.3 is 9.88 Å². The normalized spacial score (nSPS) is 14.7. The first-order valence-corrected chi connectivity index (χ1v) is 7.69. The molecule has 1 aromatic heterocycles. The topological polar surface area (TPSA) is 76.0 Å². The fraction of sp³-hybridized carbons (Fsp3) is 0.727. The van der Waals surface area contributed by atoms with Crippen LogP contribution in [0, 0.1) is 0 Å². The zero-order valence-corrected chi connectivity index (χ0v) is 12.4.